The molecule has 0 saturated carbocycles. The summed E-state index contributed by atoms with van der Waals surface area (Å²) in [6, 6.07) is 10.5. The normalized spacial score (nSPS) is 18.0. The first-order chi connectivity index (χ1) is 14.0. The molecule has 0 aromatic heterocycles. The van der Waals surface area contributed by atoms with Gasteiger partial charge in [-0.25, -0.2) is 4.39 Å². The zero-order valence-electron chi connectivity index (χ0n) is 17.0. The summed E-state index contributed by atoms with van der Waals surface area (Å²) < 4.78 is 24.6. The Bertz CT molecular complexity index is 817. The summed E-state index contributed by atoms with van der Waals surface area (Å²) in [5.41, 5.74) is 1.43. The maximum Gasteiger partial charge on any atom is 0.162 e. The first kappa shape index (κ1) is 21.4. The number of rotatable bonds is 8. The summed E-state index contributed by atoms with van der Waals surface area (Å²) in [6.07, 6.45) is 0.609. The van der Waals surface area contributed by atoms with Crippen LogP contribution >= 0.6 is 0 Å². The SMILES string of the molecule is COc1ccc(CN2CCN(Cc3cccc(OC)c3O)CC2CCO)c(F)c1. The number of halogens is 1. The molecule has 6 nitrogen and oxygen atoms in total. The maximum atomic E-state index is 14.4. The number of hydrogen-bond acceptors (Lipinski definition) is 6. The van der Waals surface area contributed by atoms with E-state index in [0.717, 1.165) is 25.2 Å². The van der Waals surface area contributed by atoms with E-state index in [1.807, 2.05) is 12.1 Å². The first-order valence-electron chi connectivity index (χ1n) is 9.80. The third-order valence-electron chi connectivity index (χ3n) is 5.48. The van der Waals surface area contributed by atoms with Crippen LogP contribution in [0, 0.1) is 5.82 Å². The zero-order valence-corrected chi connectivity index (χ0v) is 17.0. The van der Waals surface area contributed by atoms with Gasteiger partial charge in [0.15, 0.2) is 11.5 Å². The van der Waals surface area contributed by atoms with Crippen molar-refractivity contribution in [3.63, 3.8) is 0 Å². The number of phenols is 1. The van der Waals surface area contributed by atoms with E-state index in [4.69, 9.17) is 9.47 Å². The summed E-state index contributed by atoms with van der Waals surface area (Å²) in [5, 5.41) is 19.9. The van der Waals surface area contributed by atoms with Crippen molar-refractivity contribution in [1.82, 2.24) is 9.80 Å². The van der Waals surface area contributed by atoms with Crippen molar-refractivity contribution in [2.45, 2.75) is 25.6 Å². The van der Waals surface area contributed by atoms with Crippen LogP contribution in [-0.4, -0.2) is 66.5 Å². The second-order valence-electron chi connectivity index (χ2n) is 7.30. The average Bonchev–Trinajstić information content (AvgIpc) is 2.73. The van der Waals surface area contributed by atoms with Gasteiger partial charge in [-0.2, -0.15) is 0 Å². The molecule has 3 rings (SSSR count). The Hall–Kier alpha value is -2.35. The quantitative estimate of drug-likeness (QED) is 0.705. The Morgan fingerprint density at radius 1 is 1.07 bits per heavy atom. The molecule has 1 heterocycles. The van der Waals surface area contributed by atoms with Crippen molar-refractivity contribution in [2.75, 3.05) is 40.5 Å². The van der Waals surface area contributed by atoms with Gasteiger partial charge < -0.3 is 19.7 Å². The minimum absolute atomic E-state index is 0.0739. The number of aliphatic hydroxyl groups excluding tert-OH is 1. The fraction of sp³-hybridized carbons (Fsp3) is 0.455. The third-order valence-corrected chi connectivity index (χ3v) is 5.48. The second-order valence-corrected chi connectivity index (χ2v) is 7.30. The molecule has 1 saturated heterocycles. The third kappa shape index (κ3) is 5.18. The lowest BCUT2D eigenvalue weighted by Gasteiger charge is -2.41. The van der Waals surface area contributed by atoms with Crippen LogP contribution in [0.5, 0.6) is 17.2 Å². The molecule has 0 aliphatic carbocycles. The highest BCUT2D eigenvalue weighted by Gasteiger charge is 2.28. The van der Waals surface area contributed by atoms with Crippen molar-refractivity contribution in [3.8, 4) is 17.2 Å². The molecular formula is C22H29FN2O4. The van der Waals surface area contributed by atoms with Crippen LogP contribution in [0.25, 0.3) is 0 Å². The molecule has 2 aromatic carbocycles. The summed E-state index contributed by atoms with van der Waals surface area (Å²) in [4.78, 5) is 4.46. The fourth-order valence-electron chi connectivity index (χ4n) is 3.83. The van der Waals surface area contributed by atoms with E-state index in [1.165, 1.54) is 20.3 Å². The van der Waals surface area contributed by atoms with Crippen molar-refractivity contribution < 1.29 is 24.1 Å². The average molecular weight is 404 g/mol. The summed E-state index contributed by atoms with van der Waals surface area (Å²) in [6.45, 7) is 3.42. The molecule has 1 unspecified atom stereocenters. The Kier molecular flexibility index (Phi) is 7.30. The largest absolute Gasteiger partial charge is 0.504 e. The number of aliphatic hydroxyl groups is 1. The number of aromatic hydroxyl groups is 1. The van der Waals surface area contributed by atoms with Gasteiger partial charge in [0, 0.05) is 62.6 Å². The van der Waals surface area contributed by atoms with E-state index in [1.54, 1.807) is 18.2 Å². The molecular weight excluding hydrogens is 375 g/mol. The van der Waals surface area contributed by atoms with Crippen LogP contribution in [0.3, 0.4) is 0 Å². The number of nitrogens with zero attached hydrogens (tertiary/aromatic N) is 2. The molecule has 0 radical (unpaired) electrons. The molecule has 1 atom stereocenters. The number of benzene rings is 2. The minimum Gasteiger partial charge on any atom is -0.504 e. The number of para-hydroxylation sites is 1. The Morgan fingerprint density at radius 2 is 1.90 bits per heavy atom. The molecule has 1 aliphatic heterocycles. The van der Waals surface area contributed by atoms with Gasteiger partial charge in [-0.15, -0.1) is 0 Å². The van der Waals surface area contributed by atoms with E-state index in [-0.39, 0.29) is 24.2 Å². The lowest BCUT2D eigenvalue weighted by atomic mass is 10.1. The zero-order chi connectivity index (χ0) is 20.8. The topological polar surface area (TPSA) is 65.4 Å². The molecule has 0 spiro atoms. The van der Waals surface area contributed by atoms with Gasteiger partial charge in [-0.1, -0.05) is 18.2 Å². The minimum atomic E-state index is -0.282. The van der Waals surface area contributed by atoms with Crippen molar-refractivity contribution in [1.29, 1.82) is 0 Å². The smallest absolute Gasteiger partial charge is 0.162 e. The van der Waals surface area contributed by atoms with Gasteiger partial charge in [0.25, 0.3) is 0 Å². The molecule has 0 bridgehead atoms. The standard InChI is InChI=1S/C22H29FN2O4/c1-28-19-7-6-16(20(23)12-19)14-25-10-9-24(15-18(25)8-11-26)13-17-4-3-5-21(29-2)22(17)27/h3-7,12,18,26-27H,8-11,13-15H2,1-2H3. The molecule has 1 fully saturated rings. The number of ether oxygens (including phenoxy) is 2. The van der Waals surface area contributed by atoms with Gasteiger partial charge in [-0.05, 0) is 18.6 Å². The molecule has 29 heavy (non-hydrogen) atoms. The molecule has 158 valence electrons. The lowest BCUT2D eigenvalue weighted by molar-refractivity contribution is 0.0489. The Morgan fingerprint density at radius 3 is 2.59 bits per heavy atom. The number of piperazine rings is 1. The Balaban J connectivity index is 1.68. The van der Waals surface area contributed by atoms with Crippen molar-refractivity contribution >= 4 is 0 Å². The summed E-state index contributed by atoms with van der Waals surface area (Å²) >= 11 is 0. The van der Waals surface area contributed by atoms with E-state index in [2.05, 4.69) is 9.80 Å². The first-order valence-corrected chi connectivity index (χ1v) is 9.80. The number of hydrogen-bond donors (Lipinski definition) is 2. The van der Waals surface area contributed by atoms with Crippen LogP contribution < -0.4 is 9.47 Å². The summed E-state index contributed by atoms with van der Waals surface area (Å²) in [7, 11) is 3.05. The highest BCUT2D eigenvalue weighted by molar-refractivity contribution is 5.45. The number of methoxy groups -OCH3 is 2. The van der Waals surface area contributed by atoms with Crippen LogP contribution in [0.15, 0.2) is 36.4 Å². The highest BCUT2D eigenvalue weighted by atomic mass is 19.1. The van der Waals surface area contributed by atoms with Crippen molar-refractivity contribution in [3.05, 3.63) is 53.3 Å². The molecule has 7 heteroatoms. The van der Waals surface area contributed by atoms with Crippen LogP contribution in [0.1, 0.15) is 17.5 Å². The molecule has 0 amide bonds. The van der Waals surface area contributed by atoms with Gasteiger partial charge >= 0.3 is 0 Å². The van der Waals surface area contributed by atoms with Gasteiger partial charge in [0.05, 0.1) is 14.2 Å². The van der Waals surface area contributed by atoms with Crippen LogP contribution in [0.4, 0.5) is 4.39 Å². The maximum absolute atomic E-state index is 14.4. The van der Waals surface area contributed by atoms with Crippen LogP contribution in [0.2, 0.25) is 0 Å². The fourth-order valence-corrected chi connectivity index (χ4v) is 3.83. The van der Waals surface area contributed by atoms with E-state index in [9.17, 15) is 14.6 Å². The predicted molar refractivity (Wildman–Crippen MR) is 109 cm³/mol. The second kappa shape index (κ2) is 9.91. The number of phenolic OH excluding ortho intramolecular Hbond substituents is 1. The van der Waals surface area contributed by atoms with Gasteiger partial charge in [0.1, 0.15) is 11.6 Å². The highest BCUT2D eigenvalue weighted by Crippen LogP contribution is 2.31. The molecule has 2 N–H and O–H groups in total. The van der Waals surface area contributed by atoms with E-state index < -0.39 is 0 Å². The van der Waals surface area contributed by atoms with Gasteiger partial charge in [-0.3, -0.25) is 9.80 Å². The van der Waals surface area contributed by atoms with Crippen LogP contribution in [-0.2, 0) is 13.1 Å². The predicted octanol–water partition coefficient (Wildman–Crippen LogP) is 2.62. The van der Waals surface area contributed by atoms with E-state index >= 15 is 0 Å². The summed E-state index contributed by atoms with van der Waals surface area (Å²) in [5.74, 6) is 0.844. The lowest BCUT2D eigenvalue weighted by Crippen LogP contribution is -2.52. The molecule has 2 aromatic rings. The van der Waals surface area contributed by atoms with E-state index in [0.29, 0.717) is 36.6 Å². The van der Waals surface area contributed by atoms with Gasteiger partial charge in [0.2, 0.25) is 0 Å². The van der Waals surface area contributed by atoms with Crippen molar-refractivity contribution in [2.24, 2.45) is 0 Å². The monoisotopic (exact) mass is 404 g/mol. The Labute approximate surface area is 171 Å². The molecule has 1 aliphatic rings.